The van der Waals surface area contributed by atoms with Crippen LogP contribution < -0.4 is 5.56 Å². The van der Waals surface area contributed by atoms with Gasteiger partial charge in [0.2, 0.25) is 0 Å². The zero-order valence-corrected chi connectivity index (χ0v) is 16.2. The van der Waals surface area contributed by atoms with E-state index in [2.05, 4.69) is 22.2 Å². The van der Waals surface area contributed by atoms with Gasteiger partial charge in [0.15, 0.2) is 5.65 Å². The molecule has 0 bridgehead atoms. The number of benzene rings is 1. The van der Waals surface area contributed by atoms with Crippen molar-refractivity contribution in [2.75, 3.05) is 13.1 Å². The molecular weight excluding hydrogens is 368 g/mol. The molecule has 29 heavy (non-hydrogen) atoms. The van der Waals surface area contributed by atoms with E-state index >= 15 is 0 Å². The van der Waals surface area contributed by atoms with Crippen LogP contribution in [0.25, 0.3) is 16.9 Å². The van der Waals surface area contributed by atoms with Crippen molar-refractivity contribution in [3.8, 4) is 11.3 Å². The number of carbonyl (C=O) groups excluding carboxylic acids is 1. The summed E-state index contributed by atoms with van der Waals surface area (Å²) in [5.41, 5.74) is 3.37. The summed E-state index contributed by atoms with van der Waals surface area (Å²) in [7, 11) is 0. The third-order valence-corrected chi connectivity index (χ3v) is 6.18. The smallest absolute Gasteiger partial charge is 0.274 e. The second-order valence-electron chi connectivity index (χ2n) is 8.16. The molecular formula is C22H24N4O3. The summed E-state index contributed by atoms with van der Waals surface area (Å²) in [5, 5.41) is 13.5. The van der Waals surface area contributed by atoms with E-state index in [-0.39, 0.29) is 11.5 Å². The number of nitrogens with one attached hydrogen (secondary N) is 1. The van der Waals surface area contributed by atoms with Crippen molar-refractivity contribution in [3.63, 3.8) is 0 Å². The predicted octanol–water partition coefficient (Wildman–Crippen LogP) is 2.55. The molecule has 1 amide bonds. The lowest BCUT2D eigenvalue weighted by atomic mass is 9.84. The number of hydrogen-bond donors (Lipinski definition) is 2. The Kier molecular flexibility index (Phi) is 4.47. The number of likely N-dealkylation sites (tertiary alicyclic amines) is 1. The minimum atomic E-state index is -0.474. The summed E-state index contributed by atoms with van der Waals surface area (Å²) in [4.78, 5) is 30.0. The molecule has 2 fully saturated rings. The van der Waals surface area contributed by atoms with Crippen molar-refractivity contribution in [1.29, 1.82) is 0 Å². The molecule has 3 aromatic rings. The lowest BCUT2D eigenvalue weighted by Crippen LogP contribution is -2.53. The fraction of sp³-hybridized carbons (Fsp3) is 0.409. The molecule has 2 aromatic heterocycles. The maximum atomic E-state index is 12.7. The number of β-amino-alcohol motifs (C(OH)–C–C–N with tert-alkyl or cyclic N) is 1. The van der Waals surface area contributed by atoms with E-state index in [4.69, 9.17) is 0 Å². The largest absolute Gasteiger partial charge is 0.389 e. The lowest BCUT2D eigenvalue weighted by Gasteiger charge is -2.35. The number of carbonyl (C=O) groups is 1. The molecule has 1 aliphatic carbocycles. The first-order valence-electron chi connectivity index (χ1n) is 10.3. The average Bonchev–Trinajstić information content (AvgIpc) is 3.16. The van der Waals surface area contributed by atoms with Crippen molar-refractivity contribution in [1.82, 2.24) is 19.5 Å². The number of H-pyrrole nitrogens is 1. The van der Waals surface area contributed by atoms with Crippen molar-refractivity contribution in [2.24, 2.45) is 0 Å². The Labute approximate surface area is 168 Å². The maximum absolute atomic E-state index is 12.7. The van der Waals surface area contributed by atoms with Crippen LogP contribution in [0.2, 0.25) is 0 Å². The van der Waals surface area contributed by atoms with Crippen molar-refractivity contribution < 1.29 is 9.90 Å². The fourth-order valence-electron chi connectivity index (χ4n) is 4.46. The number of rotatable bonds is 3. The highest BCUT2D eigenvalue weighted by atomic mass is 16.3. The first kappa shape index (κ1) is 18.1. The second-order valence-corrected chi connectivity index (χ2v) is 8.16. The number of aliphatic hydroxyl groups is 1. The van der Waals surface area contributed by atoms with Gasteiger partial charge in [0.05, 0.1) is 18.0 Å². The second kappa shape index (κ2) is 7.15. The van der Waals surface area contributed by atoms with Crippen LogP contribution >= 0.6 is 0 Å². The van der Waals surface area contributed by atoms with Crippen LogP contribution in [0.1, 0.15) is 53.9 Å². The Morgan fingerprint density at radius 2 is 1.83 bits per heavy atom. The van der Waals surface area contributed by atoms with Gasteiger partial charge >= 0.3 is 0 Å². The van der Waals surface area contributed by atoms with Crippen LogP contribution in [0, 0.1) is 0 Å². The highest BCUT2D eigenvalue weighted by molar-refractivity contribution is 6.00. The molecule has 7 heteroatoms. The number of hydrogen-bond acceptors (Lipinski definition) is 4. The summed E-state index contributed by atoms with van der Waals surface area (Å²) >= 11 is 0. The zero-order chi connectivity index (χ0) is 20.0. The molecule has 1 saturated heterocycles. The molecule has 3 heterocycles. The van der Waals surface area contributed by atoms with Gasteiger partial charge in [-0.1, -0.05) is 43.5 Å². The molecule has 0 spiro atoms. The monoisotopic (exact) mass is 392 g/mol. The van der Waals surface area contributed by atoms with Gasteiger partial charge in [0.1, 0.15) is 5.56 Å². The van der Waals surface area contributed by atoms with E-state index in [1.54, 1.807) is 4.90 Å². The fourth-order valence-corrected chi connectivity index (χ4v) is 4.46. The molecule has 0 unspecified atom stereocenters. The summed E-state index contributed by atoms with van der Waals surface area (Å²) in [6.07, 6.45) is 7.35. The summed E-state index contributed by atoms with van der Waals surface area (Å²) < 4.78 is 1.21. The van der Waals surface area contributed by atoms with Crippen LogP contribution in [-0.2, 0) is 0 Å². The molecule has 2 aliphatic rings. The number of amides is 1. The number of nitrogens with zero attached hydrogens (tertiary/aromatic N) is 3. The Hall–Kier alpha value is -2.93. The highest BCUT2D eigenvalue weighted by Gasteiger charge is 2.31. The minimum Gasteiger partial charge on any atom is -0.389 e. The van der Waals surface area contributed by atoms with E-state index < -0.39 is 6.10 Å². The van der Waals surface area contributed by atoms with Crippen LogP contribution in [0.5, 0.6) is 0 Å². The Bertz CT molecular complexity index is 1100. The summed E-state index contributed by atoms with van der Waals surface area (Å²) in [6, 6.07) is 9.89. The van der Waals surface area contributed by atoms with E-state index in [9.17, 15) is 14.7 Å². The van der Waals surface area contributed by atoms with Crippen molar-refractivity contribution in [3.05, 3.63) is 58.0 Å². The lowest BCUT2D eigenvalue weighted by molar-refractivity contribution is 0.00601. The third-order valence-electron chi connectivity index (χ3n) is 6.18. The van der Waals surface area contributed by atoms with Gasteiger partial charge in [0, 0.05) is 19.2 Å². The topological polar surface area (TPSA) is 90.7 Å². The van der Waals surface area contributed by atoms with Crippen LogP contribution in [-0.4, -0.2) is 49.7 Å². The summed E-state index contributed by atoms with van der Waals surface area (Å²) in [6.45, 7) is 0.617. The van der Waals surface area contributed by atoms with Crippen LogP contribution in [0.3, 0.4) is 0 Å². The Morgan fingerprint density at radius 1 is 1.10 bits per heavy atom. The van der Waals surface area contributed by atoms with Gasteiger partial charge in [0.25, 0.3) is 11.5 Å². The number of aliphatic hydroxyl groups excluding tert-OH is 1. The van der Waals surface area contributed by atoms with Gasteiger partial charge in [-0.15, -0.1) is 0 Å². The van der Waals surface area contributed by atoms with E-state index in [1.165, 1.54) is 54.4 Å². The molecule has 1 saturated carbocycles. The quantitative estimate of drug-likeness (QED) is 0.717. The first-order chi connectivity index (χ1) is 14.1. The Morgan fingerprint density at radius 3 is 2.52 bits per heavy atom. The third kappa shape index (κ3) is 3.25. The number of aromatic amines is 1. The van der Waals surface area contributed by atoms with Gasteiger partial charge in [-0.05, 0) is 29.9 Å². The average molecular weight is 392 g/mol. The van der Waals surface area contributed by atoms with Gasteiger partial charge in [-0.3, -0.25) is 9.59 Å². The predicted molar refractivity (Wildman–Crippen MR) is 109 cm³/mol. The van der Waals surface area contributed by atoms with Crippen LogP contribution in [0.4, 0.5) is 0 Å². The molecule has 5 rings (SSSR count). The SMILES string of the molecule is O=C(c1cnn2c(=O)cc(-c3ccc(C4CCCCC4)cc3)[nH]c12)N1CC(O)C1. The van der Waals surface area contributed by atoms with E-state index in [0.29, 0.717) is 35.9 Å². The normalized spacial score (nSPS) is 18.2. The maximum Gasteiger partial charge on any atom is 0.274 e. The number of fused-ring (bicyclic) bond motifs is 1. The summed E-state index contributed by atoms with van der Waals surface area (Å²) in [5.74, 6) is 0.399. The molecule has 1 aliphatic heterocycles. The molecule has 150 valence electrons. The zero-order valence-electron chi connectivity index (χ0n) is 16.2. The molecule has 2 N–H and O–H groups in total. The first-order valence-corrected chi connectivity index (χ1v) is 10.3. The molecule has 0 atom stereocenters. The van der Waals surface area contributed by atoms with Crippen molar-refractivity contribution >= 4 is 11.6 Å². The van der Waals surface area contributed by atoms with Gasteiger partial charge in [-0.25, -0.2) is 0 Å². The highest BCUT2D eigenvalue weighted by Crippen LogP contribution is 2.33. The van der Waals surface area contributed by atoms with Gasteiger partial charge < -0.3 is 15.0 Å². The molecule has 7 nitrogen and oxygen atoms in total. The minimum absolute atomic E-state index is 0.231. The van der Waals surface area contributed by atoms with Crippen molar-refractivity contribution in [2.45, 2.75) is 44.1 Å². The molecule has 1 aromatic carbocycles. The Balaban J connectivity index is 1.48. The van der Waals surface area contributed by atoms with E-state index in [1.807, 2.05) is 12.1 Å². The standard InChI is InChI=1S/C22H24N4O3/c27-17-12-25(13-17)22(29)18-11-23-26-20(28)10-19(24-21(18)26)16-8-6-15(7-9-16)14-4-2-1-3-5-14/h6-11,14,17,24,27H,1-5,12-13H2. The van der Waals surface area contributed by atoms with E-state index in [0.717, 1.165) is 5.56 Å². The van der Waals surface area contributed by atoms with Gasteiger partial charge in [-0.2, -0.15) is 9.61 Å². The number of aromatic nitrogens is 3. The molecule has 0 radical (unpaired) electrons. The van der Waals surface area contributed by atoms with Crippen LogP contribution in [0.15, 0.2) is 41.3 Å².